The van der Waals surface area contributed by atoms with Crippen LogP contribution in [0.1, 0.15) is 11.1 Å². The molecule has 134 valence electrons. The molecule has 3 rings (SSSR count). The summed E-state index contributed by atoms with van der Waals surface area (Å²) in [6.07, 6.45) is 3.14. The molecule has 6 nitrogen and oxygen atoms in total. The molecule has 3 N–H and O–H groups in total. The highest BCUT2D eigenvalue weighted by Gasteiger charge is 2.13. The largest absolute Gasteiger partial charge is 0.454 e. The van der Waals surface area contributed by atoms with Crippen LogP contribution in [-0.4, -0.2) is 17.8 Å². The van der Waals surface area contributed by atoms with Crippen LogP contribution in [0.4, 0.5) is 0 Å². The Labute approximate surface area is 164 Å². The Bertz CT molecular complexity index is 840. The van der Waals surface area contributed by atoms with Crippen molar-refractivity contribution in [3.63, 3.8) is 0 Å². The van der Waals surface area contributed by atoms with E-state index in [0.29, 0.717) is 11.7 Å². The van der Waals surface area contributed by atoms with Crippen LogP contribution < -0.4 is 25.6 Å². The molecular weight excluding hydrogens is 418 g/mol. The lowest BCUT2D eigenvalue weighted by Crippen LogP contribution is -2.45. The van der Waals surface area contributed by atoms with E-state index < -0.39 is 0 Å². The van der Waals surface area contributed by atoms with Gasteiger partial charge in [-0.1, -0.05) is 34.1 Å². The van der Waals surface area contributed by atoms with Gasteiger partial charge in [0.1, 0.15) is 0 Å². The van der Waals surface area contributed by atoms with Gasteiger partial charge in [-0.3, -0.25) is 15.6 Å². The summed E-state index contributed by atoms with van der Waals surface area (Å²) in [6.45, 7) is 0.735. The SMILES string of the molecule is O=C(/C=C/c1ccc(Br)cc1)NNC(=S)NCc1ccc2c(c1)OCO2. The van der Waals surface area contributed by atoms with E-state index >= 15 is 0 Å². The molecule has 0 saturated carbocycles. The van der Waals surface area contributed by atoms with Crippen molar-refractivity contribution in [1.82, 2.24) is 16.2 Å². The van der Waals surface area contributed by atoms with Crippen molar-refractivity contribution in [2.24, 2.45) is 0 Å². The topological polar surface area (TPSA) is 71.6 Å². The zero-order valence-electron chi connectivity index (χ0n) is 13.6. The van der Waals surface area contributed by atoms with Crippen LogP contribution >= 0.6 is 28.1 Å². The minimum absolute atomic E-state index is 0.242. The minimum atomic E-state index is -0.305. The molecular formula is C18H16BrN3O3S. The molecule has 26 heavy (non-hydrogen) atoms. The maximum atomic E-state index is 11.8. The zero-order chi connectivity index (χ0) is 18.4. The number of rotatable bonds is 4. The number of hydrogen-bond donors (Lipinski definition) is 3. The first-order valence-corrected chi connectivity index (χ1v) is 8.96. The lowest BCUT2D eigenvalue weighted by atomic mass is 10.2. The van der Waals surface area contributed by atoms with E-state index in [0.717, 1.165) is 27.1 Å². The van der Waals surface area contributed by atoms with Gasteiger partial charge in [0.05, 0.1) is 0 Å². The monoisotopic (exact) mass is 433 g/mol. The van der Waals surface area contributed by atoms with Crippen LogP contribution in [-0.2, 0) is 11.3 Å². The highest BCUT2D eigenvalue weighted by Crippen LogP contribution is 2.32. The van der Waals surface area contributed by atoms with Crippen molar-refractivity contribution in [3.8, 4) is 11.5 Å². The molecule has 0 radical (unpaired) electrons. The fourth-order valence-corrected chi connectivity index (χ4v) is 2.57. The van der Waals surface area contributed by atoms with Crippen LogP contribution in [0.2, 0.25) is 0 Å². The number of ether oxygens (including phenoxy) is 2. The molecule has 8 heteroatoms. The number of carbonyl (C=O) groups excluding carboxylic acids is 1. The molecule has 1 aliphatic rings. The summed E-state index contributed by atoms with van der Waals surface area (Å²) in [7, 11) is 0. The standard InChI is InChI=1S/C18H16BrN3O3S/c19-14-5-1-12(2-6-14)4-8-17(23)21-22-18(26)20-10-13-3-7-15-16(9-13)25-11-24-15/h1-9H,10-11H2,(H,21,23)(H2,20,22,26)/b8-4+. The van der Waals surface area contributed by atoms with Crippen molar-refractivity contribution in [2.45, 2.75) is 6.54 Å². The number of carbonyl (C=O) groups is 1. The second kappa shape index (κ2) is 8.68. The van der Waals surface area contributed by atoms with E-state index in [1.165, 1.54) is 6.08 Å². The maximum Gasteiger partial charge on any atom is 0.262 e. The predicted molar refractivity (Wildman–Crippen MR) is 106 cm³/mol. The van der Waals surface area contributed by atoms with Crippen molar-refractivity contribution >= 4 is 45.2 Å². The molecule has 2 aromatic rings. The molecule has 1 aliphatic heterocycles. The van der Waals surface area contributed by atoms with Gasteiger partial charge in [0.2, 0.25) is 6.79 Å². The van der Waals surface area contributed by atoms with E-state index in [1.807, 2.05) is 42.5 Å². The van der Waals surface area contributed by atoms with Gasteiger partial charge in [0.15, 0.2) is 16.6 Å². The van der Waals surface area contributed by atoms with Crippen LogP contribution in [0, 0.1) is 0 Å². The third kappa shape index (κ3) is 5.21. The van der Waals surface area contributed by atoms with Crippen molar-refractivity contribution in [1.29, 1.82) is 0 Å². The predicted octanol–water partition coefficient (Wildman–Crippen LogP) is 2.89. The van der Waals surface area contributed by atoms with Crippen LogP contribution in [0.5, 0.6) is 11.5 Å². The van der Waals surface area contributed by atoms with E-state index in [2.05, 4.69) is 32.1 Å². The van der Waals surface area contributed by atoms with Gasteiger partial charge in [-0.2, -0.15) is 0 Å². The summed E-state index contributed by atoms with van der Waals surface area (Å²) in [5.41, 5.74) is 7.07. The number of amides is 1. The number of hydrogen-bond acceptors (Lipinski definition) is 4. The van der Waals surface area contributed by atoms with E-state index in [9.17, 15) is 4.79 Å². The molecule has 0 saturated heterocycles. The smallest absolute Gasteiger partial charge is 0.262 e. The fraction of sp³-hybridized carbons (Fsp3) is 0.111. The second-order valence-corrected chi connectivity index (χ2v) is 6.69. The number of hydrazine groups is 1. The van der Waals surface area contributed by atoms with E-state index in [-0.39, 0.29) is 12.7 Å². The Morgan fingerprint density at radius 2 is 1.88 bits per heavy atom. The minimum Gasteiger partial charge on any atom is -0.454 e. The van der Waals surface area contributed by atoms with Crippen molar-refractivity contribution in [3.05, 3.63) is 64.1 Å². The molecule has 0 fully saturated rings. The third-order valence-corrected chi connectivity index (χ3v) is 4.26. The quantitative estimate of drug-likeness (QED) is 0.391. The van der Waals surface area contributed by atoms with Gasteiger partial charge in [-0.25, -0.2) is 0 Å². The number of benzene rings is 2. The molecule has 0 unspecified atom stereocenters. The Balaban J connectivity index is 1.40. The van der Waals surface area contributed by atoms with Gasteiger partial charge in [-0.05, 0) is 53.7 Å². The molecule has 0 aliphatic carbocycles. The number of fused-ring (bicyclic) bond motifs is 1. The third-order valence-electron chi connectivity index (χ3n) is 3.49. The van der Waals surface area contributed by atoms with Gasteiger partial charge < -0.3 is 14.8 Å². The molecule has 0 bridgehead atoms. The lowest BCUT2D eigenvalue weighted by molar-refractivity contribution is -0.116. The van der Waals surface area contributed by atoms with Crippen LogP contribution in [0.3, 0.4) is 0 Å². The van der Waals surface area contributed by atoms with Crippen LogP contribution in [0.25, 0.3) is 6.08 Å². The molecule has 0 spiro atoms. The van der Waals surface area contributed by atoms with Gasteiger partial charge >= 0.3 is 0 Å². The summed E-state index contributed by atoms with van der Waals surface area (Å²) >= 11 is 8.51. The summed E-state index contributed by atoms with van der Waals surface area (Å²) < 4.78 is 11.6. The Kier molecular flexibility index (Phi) is 6.08. The lowest BCUT2D eigenvalue weighted by Gasteiger charge is -2.10. The second-order valence-electron chi connectivity index (χ2n) is 5.37. The molecule has 1 heterocycles. The Hall–Kier alpha value is -2.58. The van der Waals surface area contributed by atoms with Crippen molar-refractivity contribution in [2.75, 3.05) is 6.79 Å². The highest BCUT2D eigenvalue weighted by molar-refractivity contribution is 9.10. The first-order valence-electron chi connectivity index (χ1n) is 7.76. The molecule has 2 aromatic carbocycles. The number of thiocarbonyl (C=S) groups is 1. The zero-order valence-corrected chi connectivity index (χ0v) is 16.0. The number of halogens is 1. The van der Waals surface area contributed by atoms with Crippen molar-refractivity contribution < 1.29 is 14.3 Å². The van der Waals surface area contributed by atoms with Crippen LogP contribution in [0.15, 0.2) is 53.0 Å². The first-order chi connectivity index (χ1) is 12.6. The van der Waals surface area contributed by atoms with E-state index in [4.69, 9.17) is 21.7 Å². The maximum absolute atomic E-state index is 11.8. The average molecular weight is 434 g/mol. The fourth-order valence-electron chi connectivity index (χ4n) is 2.18. The summed E-state index contributed by atoms with van der Waals surface area (Å²) in [6, 6.07) is 13.3. The summed E-state index contributed by atoms with van der Waals surface area (Å²) in [4.78, 5) is 11.8. The molecule has 1 amide bonds. The normalized spacial score (nSPS) is 12.0. The Morgan fingerprint density at radius 1 is 1.12 bits per heavy atom. The molecule has 0 atom stereocenters. The molecule has 0 aromatic heterocycles. The first kappa shape index (κ1) is 18.2. The highest BCUT2D eigenvalue weighted by atomic mass is 79.9. The number of nitrogens with one attached hydrogen (secondary N) is 3. The Morgan fingerprint density at radius 3 is 2.69 bits per heavy atom. The summed E-state index contributed by atoms with van der Waals surface area (Å²) in [5.74, 6) is 1.15. The van der Waals surface area contributed by atoms with Gasteiger partial charge in [0, 0.05) is 17.1 Å². The summed E-state index contributed by atoms with van der Waals surface area (Å²) in [5, 5.41) is 3.32. The van der Waals surface area contributed by atoms with Gasteiger partial charge in [0.25, 0.3) is 5.91 Å². The average Bonchev–Trinajstić information content (AvgIpc) is 3.12. The van der Waals surface area contributed by atoms with E-state index in [1.54, 1.807) is 6.08 Å². The van der Waals surface area contributed by atoms with Gasteiger partial charge in [-0.15, -0.1) is 0 Å².